The van der Waals surface area contributed by atoms with Gasteiger partial charge < -0.3 is 9.73 Å². The van der Waals surface area contributed by atoms with Gasteiger partial charge in [-0.1, -0.05) is 46.3 Å². The van der Waals surface area contributed by atoms with Crippen LogP contribution in [0.15, 0.2) is 53.3 Å². The van der Waals surface area contributed by atoms with Crippen molar-refractivity contribution in [2.45, 2.75) is 12.5 Å². The van der Waals surface area contributed by atoms with Gasteiger partial charge in [-0.05, 0) is 18.1 Å². The Morgan fingerprint density at radius 1 is 1.28 bits per heavy atom. The van der Waals surface area contributed by atoms with E-state index in [1.807, 2.05) is 18.2 Å². The third-order valence-electron chi connectivity index (χ3n) is 2.63. The number of furan rings is 1. The van der Waals surface area contributed by atoms with Gasteiger partial charge in [0.15, 0.2) is 0 Å². The van der Waals surface area contributed by atoms with Gasteiger partial charge in [0.2, 0.25) is 0 Å². The summed E-state index contributed by atoms with van der Waals surface area (Å²) in [6, 6.07) is 11.8. The molecule has 0 spiro atoms. The Bertz CT molecular complexity index is 482. The van der Waals surface area contributed by atoms with E-state index in [2.05, 4.69) is 33.4 Å². The van der Waals surface area contributed by atoms with Crippen LogP contribution in [0.4, 0.5) is 0 Å². The van der Waals surface area contributed by atoms with E-state index < -0.39 is 0 Å². The largest absolute Gasteiger partial charge is 0.472 e. The number of carbonyl (C=O) groups is 1. The van der Waals surface area contributed by atoms with E-state index in [0.717, 1.165) is 6.42 Å². The summed E-state index contributed by atoms with van der Waals surface area (Å²) >= 11 is 3.43. The number of rotatable bonds is 5. The number of amides is 1. The van der Waals surface area contributed by atoms with Crippen LogP contribution < -0.4 is 5.32 Å². The molecule has 3 nitrogen and oxygen atoms in total. The molecule has 0 aliphatic heterocycles. The molecule has 0 radical (unpaired) electrons. The van der Waals surface area contributed by atoms with Gasteiger partial charge in [-0.3, -0.25) is 4.79 Å². The fourth-order valence-corrected chi connectivity index (χ4v) is 2.10. The summed E-state index contributed by atoms with van der Waals surface area (Å²) in [5.74, 6) is -0.107. The molecule has 1 N–H and O–H groups in total. The Morgan fingerprint density at radius 3 is 2.67 bits per heavy atom. The number of nitrogens with one attached hydrogen (secondary N) is 1. The smallest absolute Gasteiger partial charge is 0.254 e. The minimum atomic E-state index is -0.107. The molecule has 0 aliphatic carbocycles. The van der Waals surface area contributed by atoms with Crippen LogP contribution >= 0.6 is 15.9 Å². The fraction of sp³-hybridized carbons (Fsp3) is 0.214. The van der Waals surface area contributed by atoms with Crippen LogP contribution in [0, 0.1) is 0 Å². The van der Waals surface area contributed by atoms with E-state index >= 15 is 0 Å². The highest BCUT2D eigenvalue weighted by Gasteiger charge is 2.13. The first-order chi connectivity index (χ1) is 8.79. The lowest BCUT2D eigenvalue weighted by atomic mass is 10.1. The zero-order valence-electron chi connectivity index (χ0n) is 9.80. The van der Waals surface area contributed by atoms with Crippen LogP contribution in [0.2, 0.25) is 0 Å². The van der Waals surface area contributed by atoms with Crippen molar-refractivity contribution in [3.8, 4) is 0 Å². The monoisotopic (exact) mass is 307 g/mol. The topological polar surface area (TPSA) is 42.2 Å². The van der Waals surface area contributed by atoms with Gasteiger partial charge in [0.05, 0.1) is 11.8 Å². The highest BCUT2D eigenvalue weighted by molar-refractivity contribution is 9.09. The lowest BCUT2D eigenvalue weighted by Crippen LogP contribution is -2.37. The first kappa shape index (κ1) is 12.9. The van der Waals surface area contributed by atoms with Crippen molar-refractivity contribution in [1.29, 1.82) is 0 Å². The van der Waals surface area contributed by atoms with Gasteiger partial charge in [-0.25, -0.2) is 0 Å². The Balaban J connectivity index is 1.96. The predicted molar refractivity (Wildman–Crippen MR) is 73.9 cm³/mol. The Kier molecular flexibility index (Phi) is 4.59. The molecule has 0 saturated heterocycles. The molecule has 2 rings (SSSR count). The van der Waals surface area contributed by atoms with Gasteiger partial charge in [0, 0.05) is 11.4 Å². The summed E-state index contributed by atoms with van der Waals surface area (Å²) in [6.45, 7) is 0. The summed E-state index contributed by atoms with van der Waals surface area (Å²) in [4.78, 5) is 11.9. The fourth-order valence-electron chi connectivity index (χ4n) is 1.71. The minimum Gasteiger partial charge on any atom is -0.472 e. The second-order valence-corrected chi connectivity index (χ2v) is 4.67. The highest BCUT2D eigenvalue weighted by atomic mass is 79.9. The summed E-state index contributed by atoms with van der Waals surface area (Å²) in [5, 5.41) is 3.69. The first-order valence-corrected chi connectivity index (χ1v) is 6.84. The zero-order valence-corrected chi connectivity index (χ0v) is 11.4. The van der Waals surface area contributed by atoms with Crippen LogP contribution in [0.5, 0.6) is 0 Å². The molecule has 94 valence electrons. The van der Waals surface area contributed by atoms with Crippen molar-refractivity contribution in [3.63, 3.8) is 0 Å². The molecule has 1 atom stereocenters. The molecule has 0 saturated carbocycles. The number of benzene rings is 1. The Morgan fingerprint density at radius 2 is 2.06 bits per heavy atom. The van der Waals surface area contributed by atoms with Crippen molar-refractivity contribution in [3.05, 3.63) is 60.1 Å². The Hall–Kier alpha value is -1.55. The van der Waals surface area contributed by atoms with E-state index in [4.69, 9.17) is 4.42 Å². The quantitative estimate of drug-likeness (QED) is 0.863. The molecule has 2 aromatic rings. The lowest BCUT2D eigenvalue weighted by Gasteiger charge is -2.15. The van der Waals surface area contributed by atoms with Crippen molar-refractivity contribution in [1.82, 2.24) is 5.32 Å². The molecule has 0 bridgehead atoms. The van der Waals surface area contributed by atoms with Crippen molar-refractivity contribution in [2.75, 3.05) is 5.33 Å². The molecule has 0 fully saturated rings. The number of carbonyl (C=O) groups excluding carboxylic acids is 1. The number of hydrogen-bond donors (Lipinski definition) is 1. The maximum Gasteiger partial charge on any atom is 0.254 e. The van der Waals surface area contributed by atoms with Crippen LogP contribution in [-0.2, 0) is 6.42 Å². The summed E-state index contributed by atoms with van der Waals surface area (Å²) in [7, 11) is 0. The normalized spacial score (nSPS) is 12.1. The molecule has 18 heavy (non-hydrogen) atoms. The van der Waals surface area contributed by atoms with Gasteiger partial charge in [-0.2, -0.15) is 0 Å². The number of alkyl halides is 1. The second kappa shape index (κ2) is 6.40. The standard InChI is InChI=1S/C14H14BrNO2/c15-9-13(8-11-4-2-1-3-5-11)16-14(17)12-6-7-18-10-12/h1-7,10,13H,8-9H2,(H,16,17). The number of hydrogen-bond acceptors (Lipinski definition) is 2. The van der Waals surface area contributed by atoms with Crippen molar-refractivity contribution >= 4 is 21.8 Å². The predicted octanol–water partition coefficient (Wildman–Crippen LogP) is 3.02. The van der Waals surface area contributed by atoms with E-state index in [1.54, 1.807) is 6.07 Å². The number of halogens is 1. The zero-order chi connectivity index (χ0) is 12.8. The van der Waals surface area contributed by atoms with Gasteiger partial charge >= 0.3 is 0 Å². The van der Waals surface area contributed by atoms with Crippen LogP contribution in [0.3, 0.4) is 0 Å². The molecule has 1 heterocycles. The van der Waals surface area contributed by atoms with Crippen molar-refractivity contribution < 1.29 is 9.21 Å². The molecular formula is C14H14BrNO2. The second-order valence-electron chi connectivity index (χ2n) is 4.03. The summed E-state index contributed by atoms with van der Waals surface area (Å²) in [6.07, 6.45) is 3.74. The average molecular weight is 308 g/mol. The molecule has 4 heteroatoms. The minimum absolute atomic E-state index is 0.0646. The third kappa shape index (κ3) is 3.47. The molecular weight excluding hydrogens is 294 g/mol. The van der Waals surface area contributed by atoms with Crippen LogP contribution in [0.25, 0.3) is 0 Å². The first-order valence-electron chi connectivity index (χ1n) is 5.72. The molecule has 1 aromatic carbocycles. The molecule has 1 unspecified atom stereocenters. The maximum atomic E-state index is 11.9. The average Bonchev–Trinajstić information content (AvgIpc) is 2.93. The van der Waals surface area contributed by atoms with Crippen LogP contribution in [-0.4, -0.2) is 17.3 Å². The molecule has 1 aromatic heterocycles. The Labute approximate surface area is 114 Å². The molecule has 0 aliphatic rings. The van der Waals surface area contributed by atoms with E-state index in [1.165, 1.54) is 18.1 Å². The SMILES string of the molecule is O=C(NC(CBr)Cc1ccccc1)c1ccoc1. The van der Waals surface area contributed by atoms with Crippen molar-refractivity contribution in [2.24, 2.45) is 0 Å². The summed E-state index contributed by atoms with van der Waals surface area (Å²) in [5.41, 5.74) is 1.75. The van der Waals surface area contributed by atoms with E-state index in [0.29, 0.717) is 10.9 Å². The van der Waals surface area contributed by atoms with Gasteiger partial charge in [0.1, 0.15) is 6.26 Å². The lowest BCUT2D eigenvalue weighted by molar-refractivity contribution is 0.0940. The molecule has 1 amide bonds. The van der Waals surface area contributed by atoms with E-state index in [9.17, 15) is 4.79 Å². The van der Waals surface area contributed by atoms with E-state index in [-0.39, 0.29) is 11.9 Å². The maximum absolute atomic E-state index is 11.9. The van der Waals surface area contributed by atoms with Gasteiger partial charge in [-0.15, -0.1) is 0 Å². The van der Waals surface area contributed by atoms with Crippen LogP contribution in [0.1, 0.15) is 15.9 Å². The highest BCUT2D eigenvalue weighted by Crippen LogP contribution is 2.07. The van der Waals surface area contributed by atoms with Gasteiger partial charge in [0.25, 0.3) is 5.91 Å². The summed E-state index contributed by atoms with van der Waals surface area (Å²) < 4.78 is 4.90. The third-order valence-corrected chi connectivity index (χ3v) is 3.41.